The summed E-state index contributed by atoms with van der Waals surface area (Å²) in [7, 11) is 0. The SMILES string of the molecule is O=C(c1ccco1)[C@@H]1[C@@H](C(=O)c2ccco2)[C@H](c2ccco2)[C@H]1c1ccco1. The zero-order chi connectivity index (χ0) is 19.1. The summed E-state index contributed by atoms with van der Waals surface area (Å²) in [6.45, 7) is 0. The lowest BCUT2D eigenvalue weighted by Crippen LogP contribution is -2.51. The number of hydrogen-bond acceptors (Lipinski definition) is 6. The van der Waals surface area contributed by atoms with Gasteiger partial charge in [-0.1, -0.05) is 0 Å². The molecule has 4 aromatic rings. The van der Waals surface area contributed by atoms with E-state index in [-0.39, 0.29) is 34.9 Å². The Hall–Kier alpha value is -3.54. The fourth-order valence-electron chi connectivity index (χ4n) is 4.24. The Morgan fingerprint density at radius 2 is 0.964 bits per heavy atom. The molecule has 6 nitrogen and oxygen atoms in total. The van der Waals surface area contributed by atoms with Gasteiger partial charge >= 0.3 is 0 Å². The van der Waals surface area contributed by atoms with Gasteiger partial charge in [-0.2, -0.15) is 0 Å². The summed E-state index contributed by atoms with van der Waals surface area (Å²) in [5, 5.41) is 0. The van der Waals surface area contributed by atoms with Crippen molar-refractivity contribution in [1.82, 2.24) is 0 Å². The molecule has 1 fully saturated rings. The summed E-state index contributed by atoms with van der Waals surface area (Å²) >= 11 is 0. The first-order chi connectivity index (χ1) is 13.8. The van der Waals surface area contributed by atoms with Crippen molar-refractivity contribution in [2.45, 2.75) is 11.8 Å². The molecule has 4 heterocycles. The van der Waals surface area contributed by atoms with E-state index in [0.717, 1.165) is 0 Å². The molecule has 1 saturated carbocycles. The quantitative estimate of drug-likeness (QED) is 0.443. The van der Waals surface area contributed by atoms with Crippen LogP contribution in [0.4, 0.5) is 0 Å². The maximum atomic E-state index is 13.2. The third-order valence-electron chi connectivity index (χ3n) is 5.42. The van der Waals surface area contributed by atoms with Crippen LogP contribution in [0.15, 0.2) is 91.3 Å². The van der Waals surface area contributed by atoms with Gasteiger partial charge in [-0.25, -0.2) is 0 Å². The molecular formula is C22H16O6. The first-order valence-electron chi connectivity index (χ1n) is 8.98. The lowest BCUT2D eigenvalue weighted by molar-refractivity contribution is 0.0344. The Balaban J connectivity index is 1.61. The molecule has 0 aromatic carbocycles. The molecule has 0 amide bonds. The highest BCUT2D eigenvalue weighted by Gasteiger charge is 2.61. The van der Waals surface area contributed by atoms with Crippen molar-refractivity contribution in [1.29, 1.82) is 0 Å². The van der Waals surface area contributed by atoms with Crippen LogP contribution in [-0.2, 0) is 0 Å². The van der Waals surface area contributed by atoms with E-state index in [1.165, 1.54) is 12.5 Å². The lowest BCUT2D eigenvalue weighted by atomic mass is 9.52. The molecule has 1 aliphatic rings. The van der Waals surface area contributed by atoms with Gasteiger partial charge in [-0.05, 0) is 48.5 Å². The molecule has 0 aliphatic heterocycles. The molecule has 28 heavy (non-hydrogen) atoms. The summed E-state index contributed by atoms with van der Waals surface area (Å²) in [6, 6.07) is 13.7. The predicted octanol–water partition coefficient (Wildman–Crippen LogP) is 4.94. The Bertz CT molecular complexity index is 966. The minimum absolute atomic E-state index is 0.219. The molecule has 5 rings (SSSR count). The van der Waals surface area contributed by atoms with Crippen LogP contribution in [0.2, 0.25) is 0 Å². The molecular weight excluding hydrogens is 360 g/mol. The molecule has 1 aliphatic carbocycles. The highest BCUT2D eigenvalue weighted by molar-refractivity contribution is 6.05. The number of rotatable bonds is 6. The smallest absolute Gasteiger partial charge is 0.202 e. The van der Waals surface area contributed by atoms with Crippen LogP contribution in [0, 0.1) is 11.8 Å². The second-order valence-corrected chi connectivity index (χ2v) is 6.82. The molecule has 0 N–H and O–H groups in total. The van der Waals surface area contributed by atoms with Crippen LogP contribution in [0.25, 0.3) is 0 Å². The molecule has 6 heteroatoms. The third-order valence-corrected chi connectivity index (χ3v) is 5.42. The first kappa shape index (κ1) is 16.6. The molecule has 0 unspecified atom stereocenters. The monoisotopic (exact) mass is 376 g/mol. The van der Waals surface area contributed by atoms with Crippen LogP contribution in [0.3, 0.4) is 0 Å². The largest absolute Gasteiger partial charge is 0.469 e. The zero-order valence-electron chi connectivity index (χ0n) is 14.7. The normalized spacial score (nSPS) is 24.0. The van der Waals surface area contributed by atoms with E-state index < -0.39 is 11.8 Å². The minimum atomic E-state index is -0.648. The van der Waals surface area contributed by atoms with Gasteiger partial charge in [0, 0.05) is 23.7 Å². The predicted molar refractivity (Wildman–Crippen MR) is 96.0 cm³/mol. The van der Waals surface area contributed by atoms with E-state index in [1.807, 2.05) is 12.1 Å². The molecule has 4 atom stereocenters. The average molecular weight is 376 g/mol. The number of furan rings is 4. The van der Waals surface area contributed by atoms with Crippen LogP contribution in [0.1, 0.15) is 44.5 Å². The molecule has 0 radical (unpaired) electrons. The van der Waals surface area contributed by atoms with E-state index in [2.05, 4.69) is 0 Å². The van der Waals surface area contributed by atoms with Gasteiger partial charge in [-0.15, -0.1) is 0 Å². The van der Waals surface area contributed by atoms with E-state index in [1.54, 1.807) is 48.9 Å². The van der Waals surface area contributed by atoms with Gasteiger partial charge < -0.3 is 17.7 Å². The van der Waals surface area contributed by atoms with Gasteiger partial charge in [0.25, 0.3) is 0 Å². The van der Waals surface area contributed by atoms with Crippen LogP contribution < -0.4 is 0 Å². The van der Waals surface area contributed by atoms with E-state index in [4.69, 9.17) is 17.7 Å². The van der Waals surface area contributed by atoms with Gasteiger partial charge in [-0.3, -0.25) is 9.59 Å². The number of carbonyl (C=O) groups is 2. The number of hydrogen-bond donors (Lipinski definition) is 0. The summed E-state index contributed by atoms with van der Waals surface area (Å²) < 4.78 is 21.9. The average Bonchev–Trinajstić information content (AvgIpc) is 3.50. The van der Waals surface area contributed by atoms with E-state index >= 15 is 0 Å². The first-order valence-corrected chi connectivity index (χ1v) is 8.98. The fourth-order valence-corrected chi connectivity index (χ4v) is 4.24. The minimum Gasteiger partial charge on any atom is -0.469 e. The summed E-state index contributed by atoms with van der Waals surface area (Å²) in [5.74, 6) is -0.753. The number of Topliss-reactive ketones (excluding diaryl/α,β-unsaturated/α-hetero) is 2. The van der Waals surface area contributed by atoms with Crippen LogP contribution in [-0.4, -0.2) is 11.6 Å². The Labute approximate surface area is 159 Å². The van der Waals surface area contributed by atoms with Crippen molar-refractivity contribution in [3.63, 3.8) is 0 Å². The highest BCUT2D eigenvalue weighted by Crippen LogP contribution is 2.59. The topological polar surface area (TPSA) is 86.7 Å². The second-order valence-electron chi connectivity index (χ2n) is 6.82. The number of carbonyl (C=O) groups excluding carboxylic acids is 2. The van der Waals surface area contributed by atoms with Crippen molar-refractivity contribution < 1.29 is 27.3 Å². The standard InChI is InChI=1S/C22H16O6/c23-21(15-7-3-11-27-15)19-17(13-5-1-9-25-13)18(14-6-2-10-26-14)20(19)22(24)16-8-4-12-28-16/h1-12,17-20H/t17-,18-,19+,20+/m1/s1. The van der Waals surface area contributed by atoms with Crippen molar-refractivity contribution >= 4 is 11.6 Å². The lowest BCUT2D eigenvalue weighted by Gasteiger charge is -2.47. The van der Waals surface area contributed by atoms with Gasteiger partial charge in [0.1, 0.15) is 11.5 Å². The summed E-state index contributed by atoms with van der Waals surface area (Å²) in [5.41, 5.74) is 0. The molecule has 4 aromatic heterocycles. The Morgan fingerprint density at radius 3 is 1.29 bits per heavy atom. The fraction of sp³-hybridized carbons (Fsp3) is 0.182. The van der Waals surface area contributed by atoms with E-state index in [9.17, 15) is 9.59 Å². The third kappa shape index (κ3) is 2.49. The molecule has 140 valence electrons. The Kier molecular flexibility index (Phi) is 3.90. The maximum absolute atomic E-state index is 13.2. The molecule has 0 saturated heterocycles. The summed E-state index contributed by atoms with van der Waals surface area (Å²) in [6.07, 6.45) is 6.01. The molecule has 0 bridgehead atoms. The van der Waals surface area contributed by atoms with Crippen LogP contribution in [0.5, 0.6) is 0 Å². The van der Waals surface area contributed by atoms with Crippen molar-refractivity contribution in [3.8, 4) is 0 Å². The van der Waals surface area contributed by atoms with Gasteiger partial charge in [0.2, 0.25) is 11.6 Å². The van der Waals surface area contributed by atoms with Crippen molar-refractivity contribution in [2.24, 2.45) is 11.8 Å². The van der Waals surface area contributed by atoms with Crippen molar-refractivity contribution in [2.75, 3.05) is 0 Å². The maximum Gasteiger partial charge on any atom is 0.202 e. The van der Waals surface area contributed by atoms with Crippen LogP contribution >= 0.6 is 0 Å². The molecule has 0 spiro atoms. The summed E-state index contributed by atoms with van der Waals surface area (Å²) in [4.78, 5) is 26.5. The zero-order valence-corrected chi connectivity index (χ0v) is 14.7. The van der Waals surface area contributed by atoms with Gasteiger partial charge in [0.15, 0.2) is 11.5 Å². The van der Waals surface area contributed by atoms with E-state index in [0.29, 0.717) is 11.5 Å². The van der Waals surface area contributed by atoms with Gasteiger partial charge in [0.05, 0.1) is 25.1 Å². The number of ketones is 2. The van der Waals surface area contributed by atoms with Crippen molar-refractivity contribution in [3.05, 3.63) is 96.6 Å². The Morgan fingerprint density at radius 1 is 0.571 bits per heavy atom. The second kappa shape index (κ2) is 6.56. The highest BCUT2D eigenvalue weighted by atomic mass is 16.3.